The molecule has 1 heterocycles. The van der Waals surface area contributed by atoms with E-state index >= 15 is 0 Å². The third kappa shape index (κ3) is 2.70. The summed E-state index contributed by atoms with van der Waals surface area (Å²) in [5.74, 6) is -0.709. The smallest absolute Gasteiger partial charge is 0.311 e. The van der Waals surface area contributed by atoms with Gasteiger partial charge in [0.25, 0.3) is 0 Å². The SMILES string of the molecule is COC(=O)C1CC(=O)N(c2ccc(N(C)C)cc2)C1. The van der Waals surface area contributed by atoms with E-state index in [1.165, 1.54) is 7.11 Å². The number of esters is 1. The Kier molecular flexibility index (Phi) is 3.74. The maximum absolute atomic E-state index is 11.9. The van der Waals surface area contributed by atoms with Crippen LogP contribution in [-0.2, 0) is 14.3 Å². The van der Waals surface area contributed by atoms with Crippen LogP contribution in [0.1, 0.15) is 6.42 Å². The molecule has 0 radical (unpaired) electrons. The quantitative estimate of drug-likeness (QED) is 0.770. The van der Waals surface area contributed by atoms with E-state index in [1.54, 1.807) is 4.90 Å². The number of hydrogen-bond acceptors (Lipinski definition) is 4. The summed E-state index contributed by atoms with van der Waals surface area (Å²) in [5, 5.41) is 0. The molecule has 1 amide bonds. The lowest BCUT2D eigenvalue weighted by Crippen LogP contribution is -2.26. The molecule has 1 fully saturated rings. The zero-order valence-electron chi connectivity index (χ0n) is 11.4. The van der Waals surface area contributed by atoms with E-state index < -0.39 is 0 Å². The Morgan fingerprint density at radius 3 is 2.47 bits per heavy atom. The molecule has 1 unspecified atom stereocenters. The van der Waals surface area contributed by atoms with Gasteiger partial charge in [0.2, 0.25) is 5.91 Å². The van der Waals surface area contributed by atoms with Crippen LogP contribution in [0.5, 0.6) is 0 Å². The fourth-order valence-electron chi connectivity index (χ4n) is 2.21. The predicted octanol–water partition coefficient (Wildman–Crippen LogP) is 1.28. The Morgan fingerprint density at radius 2 is 1.95 bits per heavy atom. The fraction of sp³-hybridized carbons (Fsp3) is 0.429. The van der Waals surface area contributed by atoms with Crippen LogP contribution in [0.25, 0.3) is 0 Å². The minimum absolute atomic E-state index is 0.0343. The summed E-state index contributed by atoms with van der Waals surface area (Å²) in [5.41, 5.74) is 1.89. The average molecular weight is 262 g/mol. The van der Waals surface area contributed by atoms with Crippen molar-refractivity contribution in [2.45, 2.75) is 6.42 Å². The standard InChI is InChI=1S/C14H18N2O3/c1-15(2)11-4-6-12(7-5-11)16-9-10(8-13(16)17)14(18)19-3/h4-7,10H,8-9H2,1-3H3. The van der Waals surface area contributed by atoms with Gasteiger partial charge in [-0.3, -0.25) is 9.59 Å². The number of benzene rings is 1. The van der Waals surface area contributed by atoms with E-state index in [2.05, 4.69) is 0 Å². The molecule has 19 heavy (non-hydrogen) atoms. The molecule has 1 aromatic carbocycles. The van der Waals surface area contributed by atoms with E-state index in [9.17, 15) is 9.59 Å². The highest BCUT2D eigenvalue weighted by Gasteiger charge is 2.35. The number of rotatable bonds is 3. The zero-order valence-corrected chi connectivity index (χ0v) is 11.4. The maximum atomic E-state index is 11.9. The van der Waals surface area contributed by atoms with E-state index in [4.69, 9.17) is 4.74 Å². The number of carbonyl (C=O) groups is 2. The van der Waals surface area contributed by atoms with E-state index in [0.717, 1.165) is 11.4 Å². The van der Waals surface area contributed by atoms with Gasteiger partial charge in [-0.25, -0.2) is 0 Å². The Hall–Kier alpha value is -2.04. The highest BCUT2D eigenvalue weighted by Crippen LogP contribution is 2.27. The maximum Gasteiger partial charge on any atom is 0.311 e. The van der Waals surface area contributed by atoms with E-state index in [1.807, 2.05) is 43.3 Å². The Morgan fingerprint density at radius 1 is 1.32 bits per heavy atom. The monoisotopic (exact) mass is 262 g/mol. The van der Waals surface area contributed by atoms with Crippen molar-refractivity contribution in [1.82, 2.24) is 0 Å². The second-order valence-electron chi connectivity index (χ2n) is 4.84. The highest BCUT2D eigenvalue weighted by molar-refractivity contribution is 5.99. The molecule has 5 nitrogen and oxygen atoms in total. The van der Waals surface area contributed by atoms with Crippen LogP contribution >= 0.6 is 0 Å². The van der Waals surface area contributed by atoms with Gasteiger partial charge in [-0.2, -0.15) is 0 Å². The van der Waals surface area contributed by atoms with Gasteiger partial charge in [0.1, 0.15) is 0 Å². The summed E-state index contributed by atoms with van der Waals surface area (Å²) >= 11 is 0. The molecule has 0 aromatic heterocycles. The molecule has 0 N–H and O–H groups in total. The van der Waals surface area contributed by atoms with Gasteiger partial charge in [-0.1, -0.05) is 0 Å². The number of anilines is 2. The van der Waals surface area contributed by atoms with Gasteiger partial charge < -0.3 is 14.5 Å². The summed E-state index contributed by atoms with van der Waals surface area (Å²) in [6, 6.07) is 7.70. The average Bonchev–Trinajstić information content (AvgIpc) is 2.80. The van der Waals surface area contributed by atoms with Crippen molar-refractivity contribution in [3.8, 4) is 0 Å². The van der Waals surface area contributed by atoms with Gasteiger partial charge in [0.15, 0.2) is 0 Å². The van der Waals surface area contributed by atoms with Gasteiger partial charge >= 0.3 is 5.97 Å². The third-order valence-electron chi connectivity index (χ3n) is 3.34. The molecular weight excluding hydrogens is 244 g/mol. The Balaban J connectivity index is 2.14. The van der Waals surface area contributed by atoms with Crippen molar-refractivity contribution < 1.29 is 14.3 Å². The summed E-state index contributed by atoms with van der Waals surface area (Å²) in [4.78, 5) is 27.0. The van der Waals surface area contributed by atoms with Crippen LogP contribution < -0.4 is 9.80 Å². The first-order valence-corrected chi connectivity index (χ1v) is 6.18. The molecule has 1 atom stereocenters. The zero-order chi connectivity index (χ0) is 14.0. The number of nitrogens with zero attached hydrogens (tertiary/aromatic N) is 2. The fourth-order valence-corrected chi connectivity index (χ4v) is 2.21. The van der Waals surface area contributed by atoms with Crippen molar-refractivity contribution in [3.63, 3.8) is 0 Å². The van der Waals surface area contributed by atoms with Crippen LogP contribution in [0.4, 0.5) is 11.4 Å². The minimum atomic E-state index is -0.356. The van der Waals surface area contributed by atoms with E-state index in [0.29, 0.717) is 6.54 Å². The molecule has 5 heteroatoms. The number of carbonyl (C=O) groups excluding carboxylic acids is 2. The summed E-state index contributed by atoms with van der Waals surface area (Å²) in [6.45, 7) is 0.396. The Labute approximate surface area is 112 Å². The van der Waals surface area contributed by atoms with Crippen molar-refractivity contribution in [3.05, 3.63) is 24.3 Å². The summed E-state index contributed by atoms with van der Waals surface area (Å²) < 4.78 is 4.69. The number of ether oxygens (including phenoxy) is 1. The van der Waals surface area contributed by atoms with Crippen molar-refractivity contribution >= 4 is 23.3 Å². The Bertz CT molecular complexity index is 482. The lowest BCUT2D eigenvalue weighted by Gasteiger charge is -2.18. The molecule has 1 saturated heterocycles. The number of amides is 1. The van der Waals surface area contributed by atoms with Gasteiger partial charge in [-0.05, 0) is 24.3 Å². The summed E-state index contributed by atoms with van der Waals surface area (Å²) in [6.07, 6.45) is 0.224. The molecule has 1 aliphatic heterocycles. The van der Waals surface area contributed by atoms with Crippen molar-refractivity contribution in [2.24, 2.45) is 5.92 Å². The van der Waals surface area contributed by atoms with Crippen LogP contribution in [0.15, 0.2) is 24.3 Å². The first-order valence-electron chi connectivity index (χ1n) is 6.18. The van der Waals surface area contributed by atoms with Gasteiger partial charge in [-0.15, -0.1) is 0 Å². The van der Waals surface area contributed by atoms with Gasteiger partial charge in [0, 0.05) is 38.4 Å². The first-order chi connectivity index (χ1) is 9.02. The lowest BCUT2D eigenvalue weighted by atomic mass is 10.1. The number of hydrogen-bond donors (Lipinski definition) is 0. The van der Waals surface area contributed by atoms with Crippen LogP contribution in [0.3, 0.4) is 0 Å². The molecule has 1 aliphatic rings. The van der Waals surface area contributed by atoms with Gasteiger partial charge in [0.05, 0.1) is 13.0 Å². The second-order valence-corrected chi connectivity index (χ2v) is 4.84. The van der Waals surface area contributed by atoms with Crippen molar-refractivity contribution in [1.29, 1.82) is 0 Å². The lowest BCUT2D eigenvalue weighted by molar-refractivity contribution is -0.145. The highest BCUT2D eigenvalue weighted by atomic mass is 16.5. The first kappa shape index (κ1) is 13.4. The number of methoxy groups -OCH3 is 1. The van der Waals surface area contributed by atoms with Crippen LogP contribution in [0.2, 0.25) is 0 Å². The third-order valence-corrected chi connectivity index (χ3v) is 3.34. The van der Waals surface area contributed by atoms with E-state index in [-0.39, 0.29) is 24.2 Å². The largest absolute Gasteiger partial charge is 0.469 e. The topological polar surface area (TPSA) is 49.9 Å². The molecular formula is C14H18N2O3. The molecule has 1 aromatic rings. The molecule has 102 valence electrons. The molecule has 0 spiro atoms. The second kappa shape index (κ2) is 5.30. The normalized spacial score (nSPS) is 18.6. The molecule has 0 aliphatic carbocycles. The molecule has 0 saturated carbocycles. The van der Waals surface area contributed by atoms with Crippen LogP contribution in [0, 0.1) is 5.92 Å². The minimum Gasteiger partial charge on any atom is -0.469 e. The predicted molar refractivity (Wildman–Crippen MR) is 73.2 cm³/mol. The summed E-state index contributed by atoms with van der Waals surface area (Å²) in [7, 11) is 5.27. The molecule has 0 bridgehead atoms. The molecule has 2 rings (SSSR count). The van der Waals surface area contributed by atoms with Crippen molar-refractivity contribution in [2.75, 3.05) is 37.5 Å². The van der Waals surface area contributed by atoms with Crippen LogP contribution in [-0.4, -0.2) is 39.6 Å².